The lowest BCUT2D eigenvalue weighted by atomic mass is 10.2. The molecule has 0 saturated carbocycles. The topological polar surface area (TPSA) is 91.7 Å². The Labute approximate surface area is 139 Å². The largest absolute Gasteiger partial charge is 0.462 e. The highest BCUT2D eigenvalue weighted by Gasteiger charge is 2.41. The van der Waals surface area contributed by atoms with E-state index in [9.17, 15) is 22.8 Å². The summed E-state index contributed by atoms with van der Waals surface area (Å²) in [4.78, 5) is 28.8. The fourth-order valence-corrected chi connectivity index (χ4v) is 2.70. The molecular formula is C14H16F3N5O3. The number of ether oxygens (including phenoxy) is 1. The van der Waals surface area contributed by atoms with Crippen molar-refractivity contribution in [2.24, 2.45) is 0 Å². The number of halogens is 3. The van der Waals surface area contributed by atoms with E-state index in [2.05, 4.69) is 15.4 Å². The molecule has 2 aromatic rings. The normalized spacial score (nSPS) is 15.6. The zero-order valence-electron chi connectivity index (χ0n) is 13.3. The van der Waals surface area contributed by atoms with Crippen molar-refractivity contribution < 1.29 is 22.7 Å². The molecule has 1 saturated heterocycles. The van der Waals surface area contributed by atoms with E-state index in [1.165, 1.54) is 13.0 Å². The third-order valence-corrected chi connectivity index (χ3v) is 3.81. The maximum atomic E-state index is 13.3. The van der Waals surface area contributed by atoms with E-state index in [0.29, 0.717) is 36.5 Å². The molecular weight excluding hydrogens is 343 g/mol. The summed E-state index contributed by atoms with van der Waals surface area (Å²) in [6.07, 6.45) is -4.90. The number of anilines is 1. The van der Waals surface area contributed by atoms with Gasteiger partial charge in [-0.15, -0.1) is 0 Å². The molecule has 0 bridgehead atoms. The zero-order chi connectivity index (χ0) is 18.2. The summed E-state index contributed by atoms with van der Waals surface area (Å²) < 4.78 is 45.0. The van der Waals surface area contributed by atoms with Gasteiger partial charge in [0.05, 0.1) is 6.61 Å². The van der Waals surface area contributed by atoms with Crippen LogP contribution >= 0.6 is 0 Å². The van der Waals surface area contributed by atoms with Gasteiger partial charge < -0.3 is 19.9 Å². The molecule has 25 heavy (non-hydrogen) atoms. The lowest BCUT2D eigenvalue weighted by Gasteiger charge is -2.28. The number of esters is 1. The fourth-order valence-electron chi connectivity index (χ4n) is 2.70. The Bertz CT molecular complexity index is 852. The molecule has 11 heteroatoms. The average Bonchev–Trinajstić information content (AvgIpc) is 2.96. The van der Waals surface area contributed by atoms with E-state index in [1.54, 1.807) is 0 Å². The minimum absolute atomic E-state index is 0.102. The number of H-pyrrole nitrogens is 1. The molecule has 0 aliphatic carbocycles. The van der Waals surface area contributed by atoms with Gasteiger partial charge in [0.25, 0.3) is 5.56 Å². The van der Waals surface area contributed by atoms with Crippen LogP contribution in [0.3, 0.4) is 0 Å². The smallest absolute Gasteiger partial charge is 0.436 e. The third kappa shape index (κ3) is 3.18. The molecule has 2 N–H and O–H groups in total. The van der Waals surface area contributed by atoms with Gasteiger partial charge in [-0.1, -0.05) is 0 Å². The Balaban J connectivity index is 2.22. The molecule has 3 heterocycles. The monoisotopic (exact) mass is 359 g/mol. The number of aromatic nitrogens is 3. The van der Waals surface area contributed by atoms with Crippen molar-refractivity contribution >= 4 is 17.4 Å². The van der Waals surface area contributed by atoms with Gasteiger partial charge in [-0.3, -0.25) is 4.79 Å². The first kappa shape index (κ1) is 17.3. The molecule has 0 radical (unpaired) electrons. The Morgan fingerprint density at radius 3 is 2.64 bits per heavy atom. The standard InChI is InChI=1S/C14H16F3N5O3/c1-2-25-13(24)10-11(14(15,16)17)20-22-9(23)7-8(19-12(10)22)21-5-3-18-4-6-21/h7,18-19H,2-6H2,1H3. The van der Waals surface area contributed by atoms with Gasteiger partial charge in [0, 0.05) is 32.2 Å². The number of nitrogens with one attached hydrogen (secondary N) is 2. The number of piperazine rings is 1. The highest BCUT2D eigenvalue weighted by Crippen LogP contribution is 2.33. The Morgan fingerprint density at radius 2 is 2.04 bits per heavy atom. The maximum Gasteiger partial charge on any atom is 0.436 e. The van der Waals surface area contributed by atoms with Crippen molar-refractivity contribution in [2.75, 3.05) is 37.7 Å². The summed E-state index contributed by atoms with van der Waals surface area (Å²) in [6.45, 7) is 3.86. The van der Waals surface area contributed by atoms with Crippen LogP contribution in [0.5, 0.6) is 0 Å². The SMILES string of the molecule is CCOC(=O)c1c(C(F)(F)F)nn2c(=O)cc(N3CCNCC3)[nH]c12. The Morgan fingerprint density at radius 1 is 1.36 bits per heavy atom. The van der Waals surface area contributed by atoms with E-state index in [4.69, 9.17) is 4.74 Å². The maximum absolute atomic E-state index is 13.3. The molecule has 1 aliphatic heterocycles. The van der Waals surface area contributed by atoms with Crippen LogP contribution in [-0.2, 0) is 10.9 Å². The van der Waals surface area contributed by atoms with Crippen molar-refractivity contribution in [3.63, 3.8) is 0 Å². The van der Waals surface area contributed by atoms with Crippen LogP contribution in [-0.4, -0.2) is 53.4 Å². The lowest BCUT2D eigenvalue weighted by Crippen LogP contribution is -2.44. The number of carbonyl (C=O) groups is 1. The predicted octanol–water partition coefficient (Wildman–Crippen LogP) is 0.628. The number of carbonyl (C=O) groups excluding carboxylic acids is 1. The molecule has 0 spiro atoms. The van der Waals surface area contributed by atoms with E-state index >= 15 is 0 Å². The number of rotatable bonds is 3. The number of aromatic amines is 1. The van der Waals surface area contributed by atoms with E-state index in [-0.39, 0.29) is 12.3 Å². The highest BCUT2D eigenvalue weighted by molar-refractivity contribution is 5.97. The van der Waals surface area contributed by atoms with Gasteiger partial charge in [0.1, 0.15) is 11.4 Å². The van der Waals surface area contributed by atoms with Crippen molar-refractivity contribution in [3.05, 3.63) is 27.7 Å². The molecule has 1 aliphatic rings. The van der Waals surface area contributed by atoms with Crippen LogP contribution in [0.25, 0.3) is 5.65 Å². The van der Waals surface area contributed by atoms with Gasteiger partial charge in [-0.25, -0.2) is 4.79 Å². The molecule has 1 fully saturated rings. The molecule has 0 unspecified atom stereocenters. The number of fused-ring (bicyclic) bond motifs is 1. The first-order chi connectivity index (χ1) is 11.8. The molecule has 2 aromatic heterocycles. The highest BCUT2D eigenvalue weighted by atomic mass is 19.4. The zero-order valence-corrected chi connectivity index (χ0v) is 13.3. The van der Waals surface area contributed by atoms with Crippen molar-refractivity contribution in [3.8, 4) is 0 Å². The van der Waals surface area contributed by atoms with Gasteiger partial charge in [0.2, 0.25) is 0 Å². The summed E-state index contributed by atoms with van der Waals surface area (Å²) >= 11 is 0. The minimum Gasteiger partial charge on any atom is -0.462 e. The second-order valence-corrected chi connectivity index (χ2v) is 5.43. The van der Waals surface area contributed by atoms with Gasteiger partial charge >= 0.3 is 12.1 Å². The van der Waals surface area contributed by atoms with Crippen LogP contribution in [0.2, 0.25) is 0 Å². The van der Waals surface area contributed by atoms with Crippen LogP contribution < -0.4 is 15.8 Å². The Hall–Kier alpha value is -2.56. The van der Waals surface area contributed by atoms with Crippen LogP contribution in [0.4, 0.5) is 19.0 Å². The number of alkyl halides is 3. The quantitative estimate of drug-likeness (QED) is 0.781. The first-order valence-corrected chi connectivity index (χ1v) is 7.69. The summed E-state index contributed by atoms with van der Waals surface area (Å²) in [6, 6.07) is 1.17. The second kappa shape index (κ2) is 6.39. The van der Waals surface area contributed by atoms with Gasteiger partial charge in [-0.2, -0.15) is 22.8 Å². The summed E-state index contributed by atoms with van der Waals surface area (Å²) in [7, 11) is 0. The molecule has 8 nitrogen and oxygen atoms in total. The molecule has 0 amide bonds. The fraction of sp³-hybridized carbons (Fsp3) is 0.500. The number of hydrogen-bond donors (Lipinski definition) is 2. The lowest BCUT2D eigenvalue weighted by molar-refractivity contribution is -0.141. The van der Waals surface area contributed by atoms with Crippen molar-refractivity contribution in [2.45, 2.75) is 13.1 Å². The summed E-state index contributed by atoms with van der Waals surface area (Å²) in [5.41, 5.74) is -3.32. The second-order valence-electron chi connectivity index (χ2n) is 5.43. The molecule has 0 atom stereocenters. The van der Waals surface area contributed by atoms with E-state index < -0.39 is 29.0 Å². The number of nitrogens with zero attached hydrogens (tertiary/aromatic N) is 3. The van der Waals surface area contributed by atoms with Crippen molar-refractivity contribution in [1.82, 2.24) is 19.9 Å². The van der Waals surface area contributed by atoms with Crippen LogP contribution in [0, 0.1) is 0 Å². The predicted molar refractivity (Wildman–Crippen MR) is 81.9 cm³/mol. The van der Waals surface area contributed by atoms with E-state index in [1.807, 2.05) is 4.90 Å². The van der Waals surface area contributed by atoms with Gasteiger partial charge in [0.15, 0.2) is 11.3 Å². The summed E-state index contributed by atoms with van der Waals surface area (Å²) in [5, 5.41) is 6.42. The minimum atomic E-state index is -4.90. The molecule has 136 valence electrons. The third-order valence-electron chi connectivity index (χ3n) is 3.81. The molecule has 0 aromatic carbocycles. The first-order valence-electron chi connectivity index (χ1n) is 7.69. The summed E-state index contributed by atoms with van der Waals surface area (Å²) in [5.74, 6) is -0.851. The Kier molecular flexibility index (Phi) is 4.41. The number of hydrogen-bond acceptors (Lipinski definition) is 6. The van der Waals surface area contributed by atoms with Crippen LogP contribution in [0.1, 0.15) is 23.0 Å². The average molecular weight is 359 g/mol. The van der Waals surface area contributed by atoms with Gasteiger partial charge in [-0.05, 0) is 6.92 Å². The van der Waals surface area contributed by atoms with Crippen LogP contribution in [0.15, 0.2) is 10.9 Å². The van der Waals surface area contributed by atoms with E-state index in [0.717, 1.165) is 0 Å². The molecule has 3 rings (SSSR count). The van der Waals surface area contributed by atoms with Crippen molar-refractivity contribution in [1.29, 1.82) is 0 Å².